The summed E-state index contributed by atoms with van der Waals surface area (Å²) in [5.74, 6) is -2.87. The first-order valence-corrected chi connectivity index (χ1v) is 11.4. The van der Waals surface area contributed by atoms with Crippen molar-refractivity contribution < 1.29 is 24.3 Å². The van der Waals surface area contributed by atoms with Crippen LogP contribution >= 0.6 is 23.2 Å². The maximum atomic E-state index is 12.9. The highest BCUT2D eigenvalue weighted by atomic mass is 35.5. The van der Waals surface area contributed by atoms with E-state index < -0.39 is 17.8 Å². The normalized spacial score (nSPS) is 13.2. The number of hydrogen-bond acceptors (Lipinski definition) is 6. The van der Waals surface area contributed by atoms with Gasteiger partial charge >= 0.3 is 0 Å². The second kappa shape index (κ2) is 10.2. The number of carbonyl (C=O) groups excluding carboxylic acids is 4. The highest BCUT2D eigenvalue weighted by Crippen LogP contribution is 2.32. The largest absolute Gasteiger partial charge is 0.545 e. The lowest BCUT2D eigenvalue weighted by Crippen LogP contribution is -2.32. The summed E-state index contributed by atoms with van der Waals surface area (Å²) < 4.78 is 0. The van der Waals surface area contributed by atoms with Gasteiger partial charge in [-0.3, -0.25) is 14.4 Å². The Morgan fingerprint density at radius 1 is 0.889 bits per heavy atom. The fourth-order valence-corrected chi connectivity index (χ4v) is 3.88. The zero-order chi connectivity index (χ0) is 26.0. The molecule has 0 atom stereocenters. The Hall–Kier alpha value is -4.14. The molecule has 1 aliphatic heterocycles. The predicted octanol–water partition coefficient (Wildman–Crippen LogP) is 3.63. The number of amides is 3. The Labute approximate surface area is 216 Å². The SMILES string of the molecule is Cc1ccc(N2C(=O)C(Cl)=C(Nc3ccc(CC(=O)Nc4ccc(C(=O)[O-])cc4)cc3)C2=O)cc1Cl. The molecule has 10 heteroatoms. The Morgan fingerprint density at radius 2 is 1.53 bits per heavy atom. The molecule has 8 nitrogen and oxygen atoms in total. The molecular formula is C26H18Cl2N3O5-. The zero-order valence-electron chi connectivity index (χ0n) is 18.8. The van der Waals surface area contributed by atoms with E-state index in [9.17, 15) is 24.3 Å². The topological polar surface area (TPSA) is 119 Å². The highest BCUT2D eigenvalue weighted by Gasteiger charge is 2.39. The van der Waals surface area contributed by atoms with Crippen LogP contribution in [-0.2, 0) is 20.8 Å². The number of nitrogens with zero attached hydrogens (tertiary/aromatic N) is 1. The Kier molecular flexibility index (Phi) is 7.10. The Balaban J connectivity index is 1.40. The molecule has 182 valence electrons. The molecule has 3 aromatic rings. The number of imide groups is 1. The predicted molar refractivity (Wildman–Crippen MR) is 135 cm³/mol. The van der Waals surface area contributed by atoms with Crippen LogP contribution in [0, 0.1) is 6.92 Å². The molecule has 0 spiro atoms. The number of aromatic carboxylic acids is 1. The van der Waals surface area contributed by atoms with Crippen LogP contribution in [0.1, 0.15) is 21.5 Å². The summed E-state index contributed by atoms with van der Waals surface area (Å²) in [7, 11) is 0. The van der Waals surface area contributed by atoms with E-state index >= 15 is 0 Å². The molecule has 0 saturated carbocycles. The van der Waals surface area contributed by atoms with Crippen LogP contribution in [0.4, 0.5) is 17.1 Å². The molecule has 0 fully saturated rings. The molecule has 1 aliphatic rings. The van der Waals surface area contributed by atoms with Crippen molar-refractivity contribution in [3.05, 3.63) is 99.2 Å². The monoisotopic (exact) mass is 522 g/mol. The number of nitrogens with one attached hydrogen (secondary N) is 2. The molecule has 0 saturated heterocycles. The van der Waals surface area contributed by atoms with E-state index in [-0.39, 0.29) is 28.6 Å². The van der Waals surface area contributed by atoms with Gasteiger partial charge in [-0.2, -0.15) is 0 Å². The third kappa shape index (κ3) is 5.25. The summed E-state index contributed by atoms with van der Waals surface area (Å²) in [6, 6.07) is 17.2. The van der Waals surface area contributed by atoms with E-state index in [1.807, 2.05) is 6.92 Å². The summed E-state index contributed by atoms with van der Waals surface area (Å²) in [5.41, 5.74) is 2.70. The minimum Gasteiger partial charge on any atom is -0.545 e. The lowest BCUT2D eigenvalue weighted by atomic mass is 10.1. The number of carboxylic acids is 1. The average Bonchev–Trinajstić information content (AvgIpc) is 3.05. The number of hydrogen-bond donors (Lipinski definition) is 2. The van der Waals surface area contributed by atoms with Gasteiger partial charge in [-0.15, -0.1) is 0 Å². The minimum absolute atomic E-state index is 0.0135. The third-order valence-corrected chi connectivity index (χ3v) is 6.19. The molecule has 3 aromatic carbocycles. The number of carboxylic acid groups (broad SMARTS) is 1. The quantitative estimate of drug-likeness (QED) is 0.457. The highest BCUT2D eigenvalue weighted by molar-refractivity contribution is 6.53. The fraction of sp³-hybridized carbons (Fsp3) is 0.0769. The molecule has 3 amide bonds. The Morgan fingerprint density at radius 3 is 2.14 bits per heavy atom. The van der Waals surface area contributed by atoms with E-state index in [1.54, 1.807) is 36.4 Å². The first kappa shape index (κ1) is 25.0. The first-order chi connectivity index (χ1) is 17.1. The maximum Gasteiger partial charge on any atom is 0.283 e. The van der Waals surface area contributed by atoms with Gasteiger partial charge in [0.2, 0.25) is 5.91 Å². The van der Waals surface area contributed by atoms with E-state index in [4.69, 9.17) is 23.2 Å². The number of benzene rings is 3. The van der Waals surface area contributed by atoms with Crippen LogP contribution in [0.25, 0.3) is 0 Å². The average molecular weight is 523 g/mol. The molecule has 2 N–H and O–H groups in total. The number of anilines is 3. The molecule has 1 heterocycles. The second-order valence-corrected chi connectivity index (χ2v) is 8.77. The van der Waals surface area contributed by atoms with Gasteiger partial charge in [0.05, 0.1) is 18.1 Å². The van der Waals surface area contributed by atoms with Crippen LogP contribution in [0.15, 0.2) is 77.5 Å². The standard InChI is InChI=1S/C26H19Cl2N3O5/c1-14-2-11-19(13-20(14)27)31-24(33)22(28)23(25(31)34)30-18-7-3-15(4-8-18)12-21(32)29-17-9-5-16(6-10-17)26(35)36/h2-11,13,30H,12H2,1H3,(H,29,32)(H,35,36)/p-1. The lowest BCUT2D eigenvalue weighted by Gasteiger charge is -2.16. The molecular weight excluding hydrogens is 505 g/mol. The number of carbonyl (C=O) groups is 4. The van der Waals surface area contributed by atoms with Gasteiger partial charge in [0, 0.05) is 16.4 Å². The van der Waals surface area contributed by atoms with Crippen LogP contribution in [-0.4, -0.2) is 23.7 Å². The summed E-state index contributed by atoms with van der Waals surface area (Å²) in [5, 5.41) is 16.5. The molecule has 0 aliphatic carbocycles. The first-order valence-electron chi connectivity index (χ1n) is 10.7. The smallest absolute Gasteiger partial charge is 0.283 e. The second-order valence-electron chi connectivity index (χ2n) is 7.98. The van der Waals surface area contributed by atoms with Crippen molar-refractivity contribution in [2.24, 2.45) is 0 Å². The van der Waals surface area contributed by atoms with E-state index in [2.05, 4.69) is 10.6 Å². The van der Waals surface area contributed by atoms with Crippen molar-refractivity contribution in [3.8, 4) is 0 Å². The van der Waals surface area contributed by atoms with Crippen molar-refractivity contribution in [1.29, 1.82) is 0 Å². The van der Waals surface area contributed by atoms with Gasteiger partial charge in [-0.05, 0) is 60.0 Å². The van der Waals surface area contributed by atoms with Gasteiger partial charge in [-0.25, -0.2) is 4.90 Å². The third-order valence-electron chi connectivity index (χ3n) is 5.43. The lowest BCUT2D eigenvalue weighted by molar-refractivity contribution is -0.255. The molecule has 0 radical (unpaired) electrons. The molecule has 36 heavy (non-hydrogen) atoms. The van der Waals surface area contributed by atoms with Crippen LogP contribution in [0.2, 0.25) is 5.02 Å². The van der Waals surface area contributed by atoms with Crippen molar-refractivity contribution in [1.82, 2.24) is 0 Å². The van der Waals surface area contributed by atoms with Gasteiger partial charge in [0.15, 0.2) is 0 Å². The van der Waals surface area contributed by atoms with Crippen molar-refractivity contribution in [2.75, 3.05) is 15.5 Å². The van der Waals surface area contributed by atoms with Crippen LogP contribution < -0.4 is 20.6 Å². The van der Waals surface area contributed by atoms with Gasteiger partial charge in [-0.1, -0.05) is 53.5 Å². The van der Waals surface area contributed by atoms with Gasteiger partial charge < -0.3 is 20.5 Å². The number of rotatable bonds is 7. The van der Waals surface area contributed by atoms with Crippen LogP contribution in [0.5, 0.6) is 0 Å². The van der Waals surface area contributed by atoms with Crippen LogP contribution in [0.3, 0.4) is 0 Å². The van der Waals surface area contributed by atoms with Crippen molar-refractivity contribution in [3.63, 3.8) is 0 Å². The molecule has 4 rings (SSSR count). The fourth-order valence-electron chi connectivity index (χ4n) is 3.50. The van der Waals surface area contributed by atoms with E-state index in [0.717, 1.165) is 10.5 Å². The van der Waals surface area contributed by atoms with Gasteiger partial charge in [0.1, 0.15) is 10.7 Å². The molecule has 0 aromatic heterocycles. The van der Waals surface area contributed by atoms with Gasteiger partial charge in [0.25, 0.3) is 11.8 Å². The maximum absolute atomic E-state index is 12.9. The minimum atomic E-state index is -1.30. The summed E-state index contributed by atoms with van der Waals surface area (Å²) in [6.07, 6.45) is 0.0609. The van der Waals surface area contributed by atoms with Crippen molar-refractivity contribution >= 4 is 64.0 Å². The van der Waals surface area contributed by atoms with Crippen molar-refractivity contribution in [2.45, 2.75) is 13.3 Å². The molecule has 0 bridgehead atoms. The summed E-state index contributed by atoms with van der Waals surface area (Å²) >= 11 is 12.3. The van der Waals surface area contributed by atoms with E-state index in [0.29, 0.717) is 27.6 Å². The number of halogens is 2. The Bertz CT molecular complexity index is 1420. The van der Waals surface area contributed by atoms with E-state index in [1.165, 1.54) is 30.3 Å². The number of aryl methyl sites for hydroxylation is 1. The zero-order valence-corrected chi connectivity index (χ0v) is 20.3. The summed E-state index contributed by atoms with van der Waals surface area (Å²) in [6.45, 7) is 1.81. The summed E-state index contributed by atoms with van der Waals surface area (Å²) in [4.78, 5) is 49.7. The molecule has 0 unspecified atom stereocenters.